The molecule has 3 aromatic rings. The lowest BCUT2D eigenvalue weighted by molar-refractivity contribution is 0.946. The fourth-order valence-corrected chi connectivity index (χ4v) is 3.46. The van der Waals surface area contributed by atoms with Gasteiger partial charge >= 0.3 is 0 Å². The van der Waals surface area contributed by atoms with E-state index in [0.717, 1.165) is 27.5 Å². The number of pyridine rings is 1. The summed E-state index contributed by atoms with van der Waals surface area (Å²) in [6.07, 6.45) is 1.72. The first kappa shape index (κ1) is 13.2. The Morgan fingerprint density at radius 2 is 2.05 bits per heavy atom. The minimum atomic E-state index is 0.689. The molecule has 2 heterocycles. The molecule has 0 amide bonds. The van der Waals surface area contributed by atoms with Crippen LogP contribution in [0.15, 0.2) is 42.6 Å². The molecule has 0 aliphatic heterocycles. The van der Waals surface area contributed by atoms with E-state index in [2.05, 4.69) is 9.88 Å². The fraction of sp³-hybridized carbons (Fsp3) is 0.133. The van der Waals surface area contributed by atoms with Crippen LogP contribution in [-0.4, -0.2) is 12.0 Å². The van der Waals surface area contributed by atoms with Crippen LogP contribution in [0.5, 0.6) is 0 Å². The molecule has 0 saturated heterocycles. The maximum atomic E-state index is 6.12. The number of hydrogen-bond acceptors (Lipinski definition) is 4. The number of nitrogen functional groups attached to an aromatic ring is 1. The van der Waals surface area contributed by atoms with Crippen LogP contribution in [-0.2, 0) is 6.54 Å². The molecule has 5 heteroatoms. The Balaban J connectivity index is 2.02. The molecule has 2 aromatic heterocycles. The van der Waals surface area contributed by atoms with E-state index in [9.17, 15) is 0 Å². The highest BCUT2D eigenvalue weighted by atomic mass is 35.5. The first-order valence-electron chi connectivity index (χ1n) is 6.24. The Labute approximate surface area is 126 Å². The SMILES string of the molecule is CN(Cc1ccc(Cl)s1)c1c(N)cnc2ccccc12. The first-order chi connectivity index (χ1) is 9.65. The monoisotopic (exact) mass is 303 g/mol. The Hall–Kier alpha value is -1.78. The van der Waals surface area contributed by atoms with Gasteiger partial charge in [-0.3, -0.25) is 4.98 Å². The third kappa shape index (κ3) is 2.44. The smallest absolute Gasteiger partial charge is 0.0931 e. The average Bonchev–Trinajstić information content (AvgIpc) is 2.83. The summed E-state index contributed by atoms with van der Waals surface area (Å²) in [7, 11) is 2.03. The summed E-state index contributed by atoms with van der Waals surface area (Å²) >= 11 is 7.57. The molecule has 0 radical (unpaired) electrons. The van der Waals surface area contributed by atoms with Gasteiger partial charge in [0.25, 0.3) is 0 Å². The van der Waals surface area contributed by atoms with Crippen LogP contribution < -0.4 is 10.6 Å². The van der Waals surface area contributed by atoms with Gasteiger partial charge in [-0.25, -0.2) is 0 Å². The molecular weight excluding hydrogens is 290 g/mol. The van der Waals surface area contributed by atoms with E-state index >= 15 is 0 Å². The maximum Gasteiger partial charge on any atom is 0.0931 e. The summed E-state index contributed by atoms with van der Waals surface area (Å²) < 4.78 is 0.806. The predicted octanol–water partition coefficient (Wildman–Crippen LogP) is 4.17. The summed E-state index contributed by atoms with van der Waals surface area (Å²) in [5, 5.41) is 1.07. The van der Waals surface area contributed by atoms with Crippen molar-refractivity contribution in [1.82, 2.24) is 4.98 Å². The van der Waals surface area contributed by atoms with Crippen molar-refractivity contribution >= 4 is 45.2 Å². The Morgan fingerprint density at radius 1 is 1.25 bits per heavy atom. The van der Waals surface area contributed by atoms with Crippen molar-refractivity contribution < 1.29 is 0 Å². The maximum absolute atomic E-state index is 6.12. The van der Waals surface area contributed by atoms with Crippen molar-refractivity contribution in [1.29, 1.82) is 0 Å². The minimum absolute atomic E-state index is 0.689. The lowest BCUT2D eigenvalue weighted by atomic mass is 10.1. The second-order valence-electron chi connectivity index (χ2n) is 4.64. The van der Waals surface area contributed by atoms with Crippen LogP contribution in [0.2, 0.25) is 4.34 Å². The molecule has 0 atom stereocenters. The topological polar surface area (TPSA) is 42.1 Å². The first-order valence-corrected chi connectivity index (χ1v) is 7.43. The highest BCUT2D eigenvalue weighted by Gasteiger charge is 2.12. The third-order valence-corrected chi connectivity index (χ3v) is 4.39. The fourth-order valence-electron chi connectivity index (χ4n) is 2.32. The van der Waals surface area contributed by atoms with E-state index in [0.29, 0.717) is 5.69 Å². The zero-order valence-corrected chi connectivity index (χ0v) is 12.6. The van der Waals surface area contributed by atoms with Gasteiger partial charge in [0.15, 0.2) is 0 Å². The lowest BCUT2D eigenvalue weighted by Crippen LogP contribution is -2.17. The standard InChI is InChI=1S/C15H14ClN3S/c1-19(9-10-6-7-14(16)20-10)15-11-4-2-3-5-13(11)18-8-12(15)17/h2-8H,9,17H2,1H3. The van der Waals surface area contributed by atoms with E-state index in [1.54, 1.807) is 17.5 Å². The van der Waals surface area contributed by atoms with Gasteiger partial charge in [-0.1, -0.05) is 29.8 Å². The second-order valence-corrected chi connectivity index (χ2v) is 6.44. The molecule has 20 heavy (non-hydrogen) atoms. The number of thiophene rings is 1. The average molecular weight is 304 g/mol. The van der Waals surface area contributed by atoms with Crippen molar-refractivity contribution in [3.63, 3.8) is 0 Å². The molecule has 3 rings (SSSR count). The van der Waals surface area contributed by atoms with Gasteiger partial charge < -0.3 is 10.6 Å². The minimum Gasteiger partial charge on any atom is -0.396 e. The van der Waals surface area contributed by atoms with Gasteiger partial charge in [0.1, 0.15) is 0 Å². The highest BCUT2D eigenvalue weighted by Crippen LogP contribution is 2.32. The number of hydrogen-bond donors (Lipinski definition) is 1. The quantitative estimate of drug-likeness (QED) is 0.789. The number of halogens is 1. The van der Waals surface area contributed by atoms with Gasteiger partial charge in [-0.15, -0.1) is 11.3 Å². The number of aromatic nitrogens is 1. The van der Waals surface area contributed by atoms with Gasteiger partial charge in [-0.05, 0) is 18.2 Å². The van der Waals surface area contributed by atoms with Crippen LogP contribution in [0.3, 0.4) is 0 Å². The Morgan fingerprint density at radius 3 is 2.80 bits per heavy atom. The van der Waals surface area contributed by atoms with Gasteiger partial charge in [0, 0.05) is 17.3 Å². The number of nitrogens with zero attached hydrogens (tertiary/aromatic N) is 2. The number of fused-ring (bicyclic) bond motifs is 1. The molecule has 0 bridgehead atoms. The molecule has 2 N–H and O–H groups in total. The molecular formula is C15H14ClN3S. The normalized spacial score (nSPS) is 10.9. The molecule has 3 nitrogen and oxygen atoms in total. The molecule has 1 aromatic carbocycles. The van der Waals surface area contributed by atoms with E-state index in [1.807, 2.05) is 43.4 Å². The van der Waals surface area contributed by atoms with Crippen LogP contribution in [0, 0.1) is 0 Å². The molecule has 102 valence electrons. The number of nitrogens with two attached hydrogens (primary N) is 1. The number of anilines is 2. The number of para-hydroxylation sites is 1. The highest BCUT2D eigenvalue weighted by molar-refractivity contribution is 7.16. The molecule has 0 unspecified atom stereocenters. The Kier molecular flexibility index (Phi) is 3.51. The Bertz CT molecular complexity index is 754. The zero-order valence-electron chi connectivity index (χ0n) is 11.0. The van der Waals surface area contributed by atoms with Crippen molar-refractivity contribution in [2.24, 2.45) is 0 Å². The number of rotatable bonds is 3. The molecule has 0 fully saturated rings. The van der Waals surface area contributed by atoms with E-state index in [4.69, 9.17) is 17.3 Å². The van der Waals surface area contributed by atoms with Crippen LogP contribution >= 0.6 is 22.9 Å². The summed E-state index contributed by atoms with van der Waals surface area (Å²) in [5.41, 5.74) is 8.77. The van der Waals surface area contributed by atoms with Crippen molar-refractivity contribution in [2.45, 2.75) is 6.54 Å². The third-order valence-electron chi connectivity index (χ3n) is 3.18. The largest absolute Gasteiger partial charge is 0.396 e. The predicted molar refractivity (Wildman–Crippen MR) is 87.6 cm³/mol. The van der Waals surface area contributed by atoms with Crippen molar-refractivity contribution in [3.8, 4) is 0 Å². The molecule has 0 saturated carbocycles. The summed E-state index contributed by atoms with van der Waals surface area (Å²) in [6.45, 7) is 0.773. The van der Waals surface area contributed by atoms with Gasteiger partial charge in [0.05, 0.1) is 34.0 Å². The zero-order chi connectivity index (χ0) is 14.1. The van der Waals surface area contributed by atoms with Crippen LogP contribution in [0.1, 0.15) is 4.88 Å². The summed E-state index contributed by atoms with van der Waals surface area (Å²) in [6, 6.07) is 12.0. The summed E-state index contributed by atoms with van der Waals surface area (Å²) in [4.78, 5) is 7.71. The van der Waals surface area contributed by atoms with Crippen molar-refractivity contribution in [2.75, 3.05) is 17.7 Å². The van der Waals surface area contributed by atoms with E-state index in [-0.39, 0.29) is 0 Å². The lowest BCUT2D eigenvalue weighted by Gasteiger charge is -2.22. The number of benzene rings is 1. The van der Waals surface area contributed by atoms with Crippen LogP contribution in [0.25, 0.3) is 10.9 Å². The second kappa shape index (κ2) is 5.31. The van der Waals surface area contributed by atoms with Gasteiger partial charge in [0.2, 0.25) is 0 Å². The van der Waals surface area contributed by atoms with E-state index < -0.39 is 0 Å². The van der Waals surface area contributed by atoms with Crippen molar-refractivity contribution in [3.05, 3.63) is 51.8 Å². The molecule has 0 spiro atoms. The van der Waals surface area contributed by atoms with Crippen LogP contribution in [0.4, 0.5) is 11.4 Å². The van der Waals surface area contributed by atoms with Gasteiger partial charge in [-0.2, -0.15) is 0 Å². The molecule has 0 aliphatic rings. The summed E-state index contributed by atoms with van der Waals surface area (Å²) in [5.74, 6) is 0. The molecule has 0 aliphatic carbocycles. The van der Waals surface area contributed by atoms with E-state index in [1.165, 1.54) is 4.88 Å².